The Kier molecular flexibility index (Phi) is 4.42. The van der Waals surface area contributed by atoms with E-state index in [4.69, 9.17) is 0 Å². The number of amides is 2. The normalized spacial score (nSPS) is 16.7. The Morgan fingerprint density at radius 1 is 1.19 bits per heavy atom. The number of aromatic nitrogens is 2. The lowest BCUT2D eigenvalue weighted by atomic mass is 10.1. The van der Waals surface area contributed by atoms with Crippen LogP contribution in [0, 0.1) is 5.92 Å². The van der Waals surface area contributed by atoms with Gasteiger partial charge in [0.25, 0.3) is 5.56 Å². The number of fused-ring (bicyclic) bond motifs is 1. The molecule has 3 aromatic rings. The van der Waals surface area contributed by atoms with Gasteiger partial charge in [-0.3, -0.25) is 14.4 Å². The van der Waals surface area contributed by atoms with Crippen molar-refractivity contribution in [1.29, 1.82) is 0 Å². The number of carbonyl (C=O) groups excluding carboxylic acids is 2. The SMILES string of the molecule is O=C(Nc1ccc2nc[nH]c(=O)c2c1)C1CC(=O)N(Cc2ccccc2)C1. The molecular formula is C20H18N4O3. The maximum Gasteiger partial charge on any atom is 0.258 e. The Morgan fingerprint density at radius 3 is 2.81 bits per heavy atom. The molecule has 1 aromatic heterocycles. The molecule has 1 fully saturated rings. The lowest BCUT2D eigenvalue weighted by molar-refractivity contribution is -0.128. The number of hydrogen-bond donors (Lipinski definition) is 2. The maximum atomic E-state index is 12.6. The van der Waals surface area contributed by atoms with Crippen molar-refractivity contribution in [2.24, 2.45) is 5.92 Å². The largest absolute Gasteiger partial charge is 0.338 e. The molecular weight excluding hydrogens is 344 g/mol. The predicted octanol–water partition coefficient (Wildman–Crippen LogP) is 1.91. The van der Waals surface area contributed by atoms with E-state index >= 15 is 0 Å². The lowest BCUT2D eigenvalue weighted by Gasteiger charge is -2.16. The smallest absolute Gasteiger partial charge is 0.258 e. The van der Waals surface area contributed by atoms with E-state index in [0.29, 0.717) is 29.7 Å². The summed E-state index contributed by atoms with van der Waals surface area (Å²) in [5, 5.41) is 3.22. The summed E-state index contributed by atoms with van der Waals surface area (Å²) >= 11 is 0. The van der Waals surface area contributed by atoms with Crippen LogP contribution in [-0.2, 0) is 16.1 Å². The number of H-pyrrole nitrogens is 1. The number of benzene rings is 2. The van der Waals surface area contributed by atoms with Gasteiger partial charge in [-0.1, -0.05) is 30.3 Å². The Balaban J connectivity index is 1.45. The van der Waals surface area contributed by atoms with Crippen LogP contribution in [0.15, 0.2) is 59.7 Å². The molecule has 1 aliphatic rings. The first-order valence-electron chi connectivity index (χ1n) is 8.70. The van der Waals surface area contributed by atoms with Gasteiger partial charge in [-0.25, -0.2) is 4.98 Å². The van der Waals surface area contributed by atoms with Gasteiger partial charge in [-0.05, 0) is 23.8 Å². The monoisotopic (exact) mass is 362 g/mol. The minimum atomic E-state index is -0.413. The summed E-state index contributed by atoms with van der Waals surface area (Å²) < 4.78 is 0. The van der Waals surface area contributed by atoms with E-state index in [-0.39, 0.29) is 23.8 Å². The number of likely N-dealkylation sites (tertiary alicyclic amines) is 1. The molecule has 7 heteroatoms. The molecule has 0 radical (unpaired) electrons. The third kappa shape index (κ3) is 3.57. The molecule has 1 aliphatic heterocycles. The molecule has 0 bridgehead atoms. The van der Waals surface area contributed by atoms with Crippen LogP contribution in [0.5, 0.6) is 0 Å². The second-order valence-electron chi connectivity index (χ2n) is 6.61. The van der Waals surface area contributed by atoms with Crippen LogP contribution in [0.25, 0.3) is 10.9 Å². The molecule has 0 spiro atoms. The molecule has 4 rings (SSSR count). The highest BCUT2D eigenvalue weighted by Crippen LogP contribution is 2.22. The van der Waals surface area contributed by atoms with Crippen molar-refractivity contribution < 1.29 is 9.59 Å². The second kappa shape index (κ2) is 7.03. The Morgan fingerprint density at radius 2 is 2.00 bits per heavy atom. The summed E-state index contributed by atoms with van der Waals surface area (Å²) in [4.78, 5) is 45.0. The Hall–Kier alpha value is -3.48. The van der Waals surface area contributed by atoms with Gasteiger partial charge in [0.15, 0.2) is 0 Å². The molecule has 2 heterocycles. The summed E-state index contributed by atoms with van der Waals surface area (Å²) in [5.74, 6) is -0.666. The van der Waals surface area contributed by atoms with Gasteiger partial charge in [-0.2, -0.15) is 0 Å². The fourth-order valence-electron chi connectivity index (χ4n) is 3.30. The fraction of sp³-hybridized carbons (Fsp3) is 0.200. The van der Waals surface area contributed by atoms with Crippen molar-refractivity contribution in [2.75, 3.05) is 11.9 Å². The molecule has 0 saturated carbocycles. The first-order chi connectivity index (χ1) is 13.1. The van der Waals surface area contributed by atoms with Crippen molar-refractivity contribution in [3.8, 4) is 0 Å². The van der Waals surface area contributed by atoms with E-state index < -0.39 is 5.92 Å². The minimum Gasteiger partial charge on any atom is -0.338 e. The van der Waals surface area contributed by atoms with E-state index in [9.17, 15) is 14.4 Å². The summed E-state index contributed by atoms with van der Waals surface area (Å²) in [6, 6.07) is 14.7. The van der Waals surface area contributed by atoms with Crippen molar-refractivity contribution in [1.82, 2.24) is 14.9 Å². The van der Waals surface area contributed by atoms with Crippen LogP contribution < -0.4 is 10.9 Å². The summed E-state index contributed by atoms with van der Waals surface area (Å²) in [6.45, 7) is 0.885. The van der Waals surface area contributed by atoms with Gasteiger partial charge in [0.1, 0.15) is 0 Å². The van der Waals surface area contributed by atoms with Crippen LogP contribution >= 0.6 is 0 Å². The van der Waals surface area contributed by atoms with E-state index in [2.05, 4.69) is 15.3 Å². The molecule has 1 saturated heterocycles. The predicted molar refractivity (Wildman–Crippen MR) is 101 cm³/mol. The standard InChI is InChI=1S/C20H18N4O3/c25-18-8-14(11-24(18)10-13-4-2-1-3-5-13)19(26)23-15-6-7-17-16(9-15)20(27)22-12-21-17/h1-7,9,12,14H,8,10-11H2,(H,23,26)(H,21,22,27). The molecule has 1 unspecified atom stereocenters. The number of aromatic amines is 1. The van der Waals surface area contributed by atoms with Gasteiger partial charge in [0.05, 0.1) is 23.1 Å². The van der Waals surface area contributed by atoms with Crippen LogP contribution in [-0.4, -0.2) is 33.2 Å². The van der Waals surface area contributed by atoms with Gasteiger partial charge in [0.2, 0.25) is 11.8 Å². The summed E-state index contributed by atoms with van der Waals surface area (Å²) in [5.41, 5.74) is 1.84. The molecule has 7 nitrogen and oxygen atoms in total. The number of anilines is 1. The molecule has 27 heavy (non-hydrogen) atoms. The summed E-state index contributed by atoms with van der Waals surface area (Å²) in [6.07, 6.45) is 1.53. The zero-order valence-corrected chi connectivity index (χ0v) is 14.5. The van der Waals surface area contributed by atoms with Crippen LogP contribution in [0.2, 0.25) is 0 Å². The second-order valence-corrected chi connectivity index (χ2v) is 6.61. The highest BCUT2D eigenvalue weighted by molar-refractivity contribution is 5.98. The third-order valence-corrected chi connectivity index (χ3v) is 4.71. The van der Waals surface area contributed by atoms with Crippen molar-refractivity contribution in [2.45, 2.75) is 13.0 Å². The zero-order valence-electron chi connectivity index (χ0n) is 14.5. The molecule has 136 valence electrons. The van der Waals surface area contributed by atoms with E-state index in [1.807, 2.05) is 30.3 Å². The van der Waals surface area contributed by atoms with Crippen molar-refractivity contribution in [3.63, 3.8) is 0 Å². The molecule has 2 aromatic carbocycles. The number of nitrogens with zero attached hydrogens (tertiary/aromatic N) is 2. The van der Waals surface area contributed by atoms with Gasteiger partial charge >= 0.3 is 0 Å². The molecule has 1 atom stereocenters. The van der Waals surface area contributed by atoms with Crippen LogP contribution in [0.4, 0.5) is 5.69 Å². The first kappa shape index (κ1) is 17.0. The van der Waals surface area contributed by atoms with Crippen LogP contribution in [0.3, 0.4) is 0 Å². The number of rotatable bonds is 4. The average Bonchev–Trinajstić information content (AvgIpc) is 3.04. The van der Waals surface area contributed by atoms with Gasteiger partial charge in [0, 0.05) is 25.2 Å². The molecule has 2 amide bonds. The highest BCUT2D eigenvalue weighted by atomic mass is 16.2. The number of carbonyl (C=O) groups is 2. The minimum absolute atomic E-state index is 0.0295. The highest BCUT2D eigenvalue weighted by Gasteiger charge is 2.34. The van der Waals surface area contributed by atoms with E-state index in [1.165, 1.54) is 6.33 Å². The fourth-order valence-corrected chi connectivity index (χ4v) is 3.30. The maximum absolute atomic E-state index is 12.6. The lowest BCUT2D eigenvalue weighted by Crippen LogP contribution is -2.28. The Labute approximate surface area is 155 Å². The third-order valence-electron chi connectivity index (χ3n) is 4.71. The van der Waals surface area contributed by atoms with Gasteiger partial charge < -0.3 is 15.2 Å². The van der Waals surface area contributed by atoms with E-state index in [1.54, 1.807) is 23.1 Å². The summed E-state index contributed by atoms with van der Waals surface area (Å²) in [7, 11) is 0. The number of nitrogens with one attached hydrogen (secondary N) is 2. The first-order valence-corrected chi connectivity index (χ1v) is 8.70. The molecule has 2 N–H and O–H groups in total. The van der Waals surface area contributed by atoms with Crippen molar-refractivity contribution >= 4 is 28.4 Å². The van der Waals surface area contributed by atoms with Gasteiger partial charge in [-0.15, -0.1) is 0 Å². The Bertz CT molecular complexity index is 1060. The molecule has 0 aliphatic carbocycles. The van der Waals surface area contributed by atoms with Crippen LogP contribution in [0.1, 0.15) is 12.0 Å². The average molecular weight is 362 g/mol. The topological polar surface area (TPSA) is 95.2 Å². The van der Waals surface area contributed by atoms with E-state index in [0.717, 1.165) is 5.56 Å². The van der Waals surface area contributed by atoms with Crippen molar-refractivity contribution in [3.05, 3.63) is 70.8 Å². The zero-order chi connectivity index (χ0) is 18.8. The number of hydrogen-bond acceptors (Lipinski definition) is 4. The quantitative estimate of drug-likeness (QED) is 0.741.